The van der Waals surface area contributed by atoms with Crippen molar-refractivity contribution in [3.05, 3.63) is 71.3 Å². The standard InChI is InChI=1S/C19H16N2O4S/c20-10-13-6-8-15(9-7-13)17-21(16(12-26-17)18(22)23)19(24)25-11-14-4-2-1-3-5-14/h1-9,16-17H,11-12H2,(H,22,23). The number of carbonyl (C=O) groups excluding carboxylic acids is 1. The van der Waals surface area contributed by atoms with E-state index in [0.29, 0.717) is 5.56 Å². The smallest absolute Gasteiger partial charge is 0.412 e. The van der Waals surface area contributed by atoms with Crippen LogP contribution in [0.25, 0.3) is 0 Å². The van der Waals surface area contributed by atoms with E-state index in [1.807, 2.05) is 36.4 Å². The van der Waals surface area contributed by atoms with Crippen molar-refractivity contribution in [2.24, 2.45) is 0 Å². The molecule has 7 heteroatoms. The summed E-state index contributed by atoms with van der Waals surface area (Å²) in [5.41, 5.74) is 2.09. The zero-order chi connectivity index (χ0) is 18.5. The molecule has 2 aromatic carbocycles. The van der Waals surface area contributed by atoms with Crippen molar-refractivity contribution in [2.75, 3.05) is 5.75 Å². The Kier molecular flexibility index (Phi) is 5.44. The first-order valence-corrected chi connectivity index (χ1v) is 8.98. The van der Waals surface area contributed by atoms with Gasteiger partial charge in [0.15, 0.2) is 0 Å². The Morgan fingerprint density at radius 1 is 1.19 bits per heavy atom. The van der Waals surface area contributed by atoms with Crippen molar-refractivity contribution in [1.29, 1.82) is 5.26 Å². The predicted molar refractivity (Wildman–Crippen MR) is 96.2 cm³/mol. The quantitative estimate of drug-likeness (QED) is 0.889. The van der Waals surface area contributed by atoms with Gasteiger partial charge in [-0.1, -0.05) is 42.5 Å². The molecular weight excluding hydrogens is 352 g/mol. The molecule has 1 saturated heterocycles. The third-order valence-corrected chi connectivity index (χ3v) is 5.35. The summed E-state index contributed by atoms with van der Waals surface area (Å²) in [6.07, 6.45) is -0.666. The molecule has 0 spiro atoms. The number of benzene rings is 2. The molecule has 26 heavy (non-hydrogen) atoms. The zero-order valence-corrected chi connectivity index (χ0v) is 14.6. The van der Waals surface area contributed by atoms with E-state index in [0.717, 1.165) is 11.1 Å². The summed E-state index contributed by atoms with van der Waals surface area (Å²) < 4.78 is 5.35. The average molecular weight is 368 g/mol. The third-order valence-electron chi connectivity index (χ3n) is 4.03. The predicted octanol–water partition coefficient (Wildman–Crippen LogP) is 3.40. The summed E-state index contributed by atoms with van der Waals surface area (Å²) in [6, 6.07) is 17.1. The number of amides is 1. The number of hydrogen-bond acceptors (Lipinski definition) is 5. The number of hydrogen-bond donors (Lipinski definition) is 1. The summed E-state index contributed by atoms with van der Waals surface area (Å²) in [7, 11) is 0. The minimum Gasteiger partial charge on any atom is -0.480 e. The Labute approximate surface area is 155 Å². The molecule has 0 aliphatic carbocycles. The maximum absolute atomic E-state index is 12.6. The van der Waals surface area contributed by atoms with Gasteiger partial charge in [0, 0.05) is 5.75 Å². The lowest BCUT2D eigenvalue weighted by Gasteiger charge is -2.26. The molecule has 2 unspecified atom stereocenters. The van der Waals surface area contributed by atoms with Crippen LogP contribution < -0.4 is 0 Å². The van der Waals surface area contributed by atoms with Crippen molar-refractivity contribution in [1.82, 2.24) is 4.90 Å². The first-order chi connectivity index (χ1) is 12.6. The second-order valence-corrected chi connectivity index (χ2v) is 6.83. The van der Waals surface area contributed by atoms with E-state index in [2.05, 4.69) is 0 Å². The molecular formula is C19H16N2O4S. The highest BCUT2D eigenvalue weighted by molar-refractivity contribution is 7.99. The molecule has 132 valence electrons. The molecule has 0 bridgehead atoms. The van der Waals surface area contributed by atoms with Crippen LogP contribution in [0.3, 0.4) is 0 Å². The van der Waals surface area contributed by atoms with Crippen molar-refractivity contribution in [3.8, 4) is 6.07 Å². The molecule has 1 N–H and O–H groups in total. The van der Waals surface area contributed by atoms with Gasteiger partial charge in [0.2, 0.25) is 0 Å². The number of rotatable bonds is 4. The minimum absolute atomic E-state index is 0.0767. The fourth-order valence-corrected chi connectivity index (χ4v) is 4.10. The van der Waals surface area contributed by atoms with Gasteiger partial charge < -0.3 is 9.84 Å². The first kappa shape index (κ1) is 17.8. The van der Waals surface area contributed by atoms with E-state index >= 15 is 0 Å². The van der Waals surface area contributed by atoms with Crippen LogP contribution >= 0.6 is 11.8 Å². The van der Waals surface area contributed by atoms with Crippen LogP contribution in [0.2, 0.25) is 0 Å². The van der Waals surface area contributed by atoms with Gasteiger partial charge in [0.05, 0.1) is 11.6 Å². The van der Waals surface area contributed by atoms with Crippen molar-refractivity contribution >= 4 is 23.8 Å². The second-order valence-electron chi connectivity index (χ2n) is 5.72. The highest BCUT2D eigenvalue weighted by Crippen LogP contribution is 2.41. The van der Waals surface area contributed by atoms with Crippen LogP contribution in [0, 0.1) is 11.3 Å². The average Bonchev–Trinajstić information content (AvgIpc) is 3.12. The lowest BCUT2D eigenvalue weighted by atomic mass is 10.1. The fraction of sp³-hybridized carbons (Fsp3) is 0.211. The van der Waals surface area contributed by atoms with E-state index in [1.165, 1.54) is 16.7 Å². The van der Waals surface area contributed by atoms with Crippen LogP contribution in [-0.2, 0) is 16.1 Å². The number of ether oxygens (including phenoxy) is 1. The van der Waals surface area contributed by atoms with Crippen LogP contribution in [-0.4, -0.2) is 33.9 Å². The number of nitrogens with zero attached hydrogens (tertiary/aromatic N) is 2. The Morgan fingerprint density at radius 3 is 2.50 bits per heavy atom. The van der Waals surface area contributed by atoms with Gasteiger partial charge in [-0.15, -0.1) is 11.8 Å². The molecule has 1 amide bonds. The highest BCUT2D eigenvalue weighted by atomic mass is 32.2. The highest BCUT2D eigenvalue weighted by Gasteiger charge is 2.43. The SMILES string of the molecule is N#Cc1ccc(C2SCC(C(=O)O)N2C(=O)OCc2ccccc2)cc1. The van der Waals surface area contributed by atoms with Crippen molar-refractivity contribution in [3.63, 3.8) is 0 Å². The maximum Gasteiger partial charge on any atom is 0.412 e. The van der Waals surface area contributed by atoms with Crippen molar-refractivity contribution in [2.45, 2.75) is 18.0 Å². The molecule has 1 heterocycles. The van der Waals surface area contributed by atoms with E-state index in [9.17, 15) is 14.7 Å². The minimum atomic E-state index is -1.06. The van der Waals surface area contributed by atoms with Crippen LogP contribution in [0.5, 0.6) is 0 Å². The Balaban J connectivity index is 1.79. The molecule has 0 saturated carbocycles. The number of aliphatic carboxylic acids is 1. The third kappa shape index (κ3) is 3.81. The molecule has 2 aromatic rings. The van der Waals surface area contributed by atoms with Gasteiger partial charge in [0.25, 0.3) is 0 Å². The van der Waals surface area contributed by atoms with Crippen molar-refractivity contribution < 1.29 is 19.4 Å². The summed E-state index contributed by atoms with van der Waals surface area (Å²) >= 11 is 1.36. The van der Waals surface area contributed by atoms with Gasteiger partial charge in [0.1, 0.15) is 18.0 Å². The molecule has 1 fully saturated rings. The number of nitriles is 1. The largest absolute Gasteiger partial charge is 0.480 e. The Morgan fingerprint density at radius 2 is 1.88 bits per heavy atom. The van der Waals surface area contributed by atoms with E-state index in [4.69, 9.17) is 10.00 Å². The van der Waals surface area contributed by atoms with Gasteiger partial charge in [-0.2, -0.15) is 5.26 Å². The van der Waals surface area contributed by atoms with E-state index in [1.54, 1.807) is 24.3 Å². The van der Waals surface area contributed by atoms with Crippen LogP contribution in [0.1, 0.15) is 22.1 Å². The molecule has 6 nitrogen and oxygen atoms in total. The van der Waals surface area contributed by atoms with Gasteiger partial charge >= 0.3 is 12.1 Å². The lowest BCUT2D eigenvalue weighted by Crippen LogP contribution is -2.43. The van der Waals surface area contributed by atoms with Crippen LogP contribution in [0.4, 0.5) is 4.79 Å². The number of thioether (sulfide) groups is 1. The summed E-state index contributed by atoms with van der Waals surface area (Å²) in [6.45, 7) is 0.0767. The molecule has 0 radical (unpaired) electrons. The number of carbonyl (C=O) groups is 2. The topological polar surface area (TPSA) is 90.6 Å². The molecule has 3 rings (SSSR count). The Hall–Kier alpha value is -2.98. The molecule has 2 atom stereocenters. The number of carboxylic acids is 1. The lowest BCUT2D eigenvalue weighted by molar-refractivity contribution is -0.141. The van der Waals surface area contributed by atoms with E-state index in [-0.39, 0.29) is 12.4 Å². The monoisotopic (exact) mass is 368 g/mol. The fourth-order valence-electron chi connectivity index (χ4n) is 2.69. The second kappa shape index (κ2) is 7.93. The molecule has 1 aliphatic rings. The zero-order valence-electron chi connectivity index (χ0n) is 13.7. The van der Waals surface area contributed by atoms with E-state index < -0.39 is 23.5 Å². The summed E-state index contributed by atoms with van der Waals surface area (Å²) in [5.74, 6) is -0.786. The first-order valence-electron chi connectivity index (χ1n) is 7.93. The molecule has 1 aliphatic heterocycles. The van der Waals surface area contributed by atoms with Gasteiger partial charge in [-0.25, -0.2) is 9.59 Å². The summed E-state index contributed by atoms with van der Waals surface area (Å²) in [4.78, 5) is 25.4. The molecule has 0 aromatic heterocycles. The summed E-state index contributed by atoms with van der Waals surface area (Å²) in [5, 5.41) is 17.9. The Bertz CT molecular complexity index is 833. The maximum atomic E-state index is 12.6. The normalized spacial score (nSPS) is 19.0. The van der Waals surface area contributed by atoms with Crippen LogP contribution in [0.15, 0.2) is 54.6 Å². The van der Waals surface area contributed by atoms with Gasteiger partial charge in [-0.05, 0) is 23.3 Å². The van der Waals surface area contributed by atoms with Gasteiger partial charge in [-0.3, -0.25) is 4.90 Å². The number of carboxylic acid groups (broad SMARTS) is 1.